The van der Waals surface area contributed by atoms with Gasteiger partial charge in [-0.3, -0.25) is 0 Å². The van der Waals surface area contributed by atoms with E-state index in [1.807, 2.05) is 30.3 Å². The first-order valence-corrected chi connectivity index (χ1v) is 4.32. The quantitative estimate of drug-likeness (QED) is 0.712. The highest BCUT2D eigenvalue weighted by Crippen LogP contribution is 2.07. The van der Waals surface area contributed by atoms with Crippen LogP contribution in [-0.2, 0) is 5.88 Å². The molecule has 1 rings (SSSR count). The summed E-state index contributed by atoms with van der Waals surface area (Å²) in [5, 5.41) is 8.52. The summed E-state index contributed by atoms with van der Waals surface area (Å²) in [4.78, 5) is 0. The highest BCUT2D eigenvalue weighted by molar-refractivity contribution is 6.17. The maximum atomic E-state index is 8.52. The van der Waals surface area contributed by atoms with Crippen LogP contribution in [0.4, 0.5) is 0 Å². The number of aliphatic hydroxyl groups excluding tert-OH is 1. The van der Waals surface area contributed by atoms with Gasteiger partial charge in [-0.15, -0.1) is 11.6 Å². The Balaban J connectivity index is 2.71. The maximum Gasteiger partial charge on any atom is 0.0615 e. The number of hydrogen-bond acceptors (Lipinski definition) is 1. The van der Waals surface area contributed by atoms with Crippen molar-refractivity contribution in [2.45, 2.75) is 5.88 Å². The Hall–Kier alpha value is -0.790. The first-order chi connectivity index (χ1) is 5.86. The molecule has 0 atom stereocenters. The zero-order chi connectivity index (χ0) is 8.81. The molecule has 1 aromatic rings. The minimum atomic E-state index is 0.0806. The molecule has 0 fully saturated rings. The smallest absolute Gasteiger partial charge is 0.0615 e. The SMILES string of the molecule is OCC=Cc1ccc(CCl)cc1. The van der Waals surface area contributed by atoms with Crippen LogP contribution in [0.25, 0.3) is 6.08 Å². The minimum Gasteiger partial charge on any atom is -0.392 e. The van der Waals surface area contributed by atoms with Crippen molar-refractivity contribution in [1.29, 1.82) is 0 Å². The maximum absolute atomic E-state index is 8.52. The molecule has 64 valence electrons. The molecular weight excluding hydrogens is 172 g/mol. The summed E-state index contributed by atoms with van der Waals surface area (Å²) in [5.41, 5.74) is 2.19. The molecule has 0 heterocycles. The predicted octanol–water partition coefficient (Wildman–Crippen LogP) is 2.43. The molecule has 0 aliphatic rings. The van der Waals surface area contributed by atoms with Gasteiger partial charge in [-0.25, -0.2) is 0 Å². The molecule has 0 saturated carbocycles. The highest BCUT2D eigenvalue weighted by atomic mass is 35.5. The van der Waals surface area contributed by atoms with Gasteiger partial charge in [0.25, 0.3) is 0 Å². The summed E-state index contributed by atoms with van der Waals surface area (Å²) < 4.78 is 0. The van der Waals surface area contributed by atoms with Crippen LogP contribution < -0.4 is 0 Å². The summed E-state index contributed by atoms with van der Waals surface area (Å²) in [6.45, 7) is 0.0806. The van der Waals surface area contributed by atoms with Crippen molar-refractivity contribution in [1.82, 2.24) is 0 Å². The second-order valence-corrected chi connectivity index (χ2v) is 2.73. The third kappa shape index (κ3) is 2.68. The lowest BCUT2D eigenvalue weighted by atomic mass is 10.1. The van der Waals surface area contributed by atoms with Crippen LogP contribution in [0.2, 0.25) is 0 Å². The van der Waals surface area contributed by atoms with E-state index < -0.39 is 0 Å². The molecule has 0 amide bonds. The minimum absolute atomic E-state index is 0.0806. The second-order valence-electron chi connectivity index (χ2n) is 2.46. The van der Waals surface area contributed by atoms with Crippen molar-refractivity contribution in [3.05, 3.63) is 41.5 Å². The van der Waals surface area contributed by atoms with E-state index in [0.29, 0.717) is 5.88 Å². The number of aliphatic hydroxyl groups is 1. The number of halogens is 1. The van der Waals surface area contributed by atoms with E-state index >= 15 is 0 Å². The molecule has 0 bridgehead atoms. The predicted molar refractivity (Wildman–Crippen MR) is 52.1 cm³/mol. The van der Waals surface area contributed by atoms with Crippen LogP contribution in [-0.4, -0.2) is 11.7 Å². The van der Waals surface area contributed by atoms with Crippen LogP contribution in [0.1, 0.15) is 11.1 Å². The Labute approximate surface area is 77.3 Å². The summed E-state index contributed by atoms with van der Waals surface area (Å²) in [5.74, 6) is 0.546. The molecule has 0 aromatic heterocycles. The number of rotatable bonds is 3. The largest absolute Gasteiger partial charge is 0.392 e. The Kier molecular flexibility index (Phi) is 3.85. The normalized spacial score (nSPS) is 10.8. The highest BCUT2D eigenvalue weighted by Gasteiger charge is 1.88. The van der Waals surface area contributed by atoms with Gasteiger partial charge in [-0.1, -0.05) is 36.4 Å². The Morgan fingerprint density at radius 1 is 1.25 bits per heavy atom. The third-order valence-electron chi connectivity index (χ3n) is 1.55. The van der Waals surface area contributed by atoms with Gasteiger partial charge in [-0.2, -0.15) is 0 Å². The van der Waals surface area contributed by atoms with E-state index in [4.69, 9.17) is 16.7 Å². The summed E-state index contributed by atoms with van der Waals surface area (Å²) >= 11 is 5.63. The van der Waals surface area contributed by atoms with Crippen LogP contribution in [0.3, 0.4) is 0 Å². The molecule has 2 heteroatoms. The fourth-order valence-electron chi connectivity index (χ4n) is 0.907. The van der Waals surface area contributed by atoms with Gasteiger partial charge in [0, 0.05) is 5.88 Å². The van der Waals surface area contributed by atoms with Gasteiger partial charge in [-0.05, 0) is 11.1 Å². The molecule has 0 aliphatic carbocycles. The Morgan fingerprint density at radius 3 is 2.42 bits per heavy atom. The molecular formula is C10H11ClO. The van der Waals surface area contributed by atoms with Gasteiger partial charge in [0.2, 0.25) is 0 Å². The summed E-state index contributed by atoms with van der Waals surface area (Å²) in [6.07, 6.45) is 3.58. The molecule has 1 aromatic carbocycles. The fraction of sp³-hybridized carbons (Fsp3) is 0.200. The fourth-order valence-corrected chi connectivity index (χ4v) is 1.08. The summed E-state index contributed by atoms with van der Waals surface area (Å²) in [7, 11) is 0. The number of alkyl halides is 1. The Morgan fingerprint density at radius 2 is 1.92 bits per heavy atom. The number of benzene rings is 1. The third-order valence-corrected chi connectivity index (χ3v) is 1.86. The van der Waals surface area contributed by atoms with Crippen LogP contribution >= 0.6 is 11.6 Å². The van der Waals surface area contributed by atoms with Crippen LogP contribution in [0.5, 0.6) is 0 Å². The zero-order valence-electron chi connectivity index (χ0n) is 6.70. The van der Waals surface area contributed by atoms with Crippen LogP contribution in [0.15, 0.2) is 30.3 Å². The standard InChI is InChI=1S/C10H11ClO/c11-8-10-5-3-9(4-6-10)2-1-7-12/h1-6,12H,7-8H2. The van der Waals surface area contributed by atoms with Gasteiger partial charge in [0.05, 0.1) is 6.61 Å². The first-order valence-electron chi connectivity index (χ1n) is 3.79. The van der Waals surface area contributed by atoms with Crippen molar-refractivity contribution in [3.63, 3.8) is 0 Å². The molecule has 0 saturated heterocycles. The first kappa shape index (κ1) is 9.30. The van der Waals surface area contributed by atoms with Crippen molar-refractivity contribution >= 4 is 17.7 Å². The van der Waals surface area contributed by atoms with Crippen LogP contribution in [0, 0.1) is 0 Å². The van der Waals surface area contributed by atoms with Crippen molar-refractivity contribution in [2.75, 3.05) is 6.61 Å². The molecule has 1 N–H and O–H groups in total. The molecule has 0 radical (unpaired) electrons. The van der Waals surface area contributed by atoms with Crippen molar-refractivity contribution < 1.29 is 5.11 Å². The van der Waals surface area contributed by atoms with Gasteiger partial charge in [0.1, 0.15) is 0 Å². The average molecular weight is 183 g/mol. The lowest BCUT2D eigenvalue weighted by molar-refractivity contribution is 0.343. The lowest BCUT2D eigenvalue weighted by Crippen LogP contribution is -1.78. The summed E-state index contributed by atoms with van der Waals surface area (Å²) in [6, 6.07) is 7.90. The van der Waals surface area contributed by atoms with E-state index in [9.17, 15) is 0 Å². The monoisotopic (exact) mass is 182 g/mol. The molecule has 0 spiro atoms. The van der Waals surface area contributed by atoms with E-state index in [1.165, 1.54) is 0 Å². The lowest BCUT2D eigenvalue weighted by Gasteiger charge is -1.95. The Bertz CT molecular complexity index is 251. The number of hydrogen-bond donors (Lipinski definition) is 1. The van der Waals surface area contributed by atoms with Gasteiger partial charge in [0.15, 0.2) is 0 Å². The molecule has 12 heavy (non-hydrogen) atoms. The van der Waals surface area contributed by atoms with Crippen molar-refractivity contribution in [3.8, 4) is 0 Å². The topological polar surface area (TPSA) is 20.2 Å². The van der Waals surface area contributed by atoms with Gasteiger partial charge < -0.3 is 5.11 Å². The van der Waals surface area contributed by atoms with Crippen molar-refractivity contribution in [2.24, 2.45) is 0 Å². The van der Waals surface area contributed by atoms with Gasteiger partial charge >= 0.3 is 0 Å². The van der Waals surface area contributed by atoms with E-state index in [0.717, 1.165) is 11.1 Å². The van der Waals surface area contributed by atoms with E-state index in [2.05, 4.69) is 0 Å². The zero-order valence-corrected chi connectivity index (χ0v) is 7.46. The van der Waals surface area contributed by atoms with E-state index in [1.54, 1.807) is 6.08 Å². The molecule has 1 nitrogen and oxygen atoms in total. The van der Waals surface area contributed by atoms with E-state index in [-0.39, 0.29) is 6.61 Å². The molecule has 0 aliphatic heterocycles. The average Bonchev–Trinajstić information content (AvgIpc) is 2.15. The second kappa shape index (κ2) is 4.96. The molecule has 0 unspecified atom stereocenters.